The Morgan fingerprint density at radius 1 is 1.04 bits per heavy atom. The highest BCUT2D eigenvalue weighted by molar-refractivity contribution is 5.74. The van der Waals surface area contributed by atoms with Crippen molar-refractivity contribution in [2.24, 2.45) is 0 Å². The van der Waals surface area contributed by atoms with E-state index < -0.39 is 17.6 Å². The molecule has 4 bridgehead atoms. The summed E-state index contributed by atoms with van der Waals surface area (Å²) in [5.41, 5.74) is 0.552. The molecule has 1 aromatic heterocycles. The second kappa shape index (κ2) is 5.51. The number of hydrogen-bond donors (Lipinski definition) is 0. The molecular weight excluding hydrogens is 332 g/mol. The van der Waals surface area contributed by atoms with Gasteiger partial charge in [0.1, 0.15) is 5.82 Å². The zero-order valence-corrected chi connectivity index (χ0v) is 13.6. The molecule has 2 nitrogen and oxygen atoms in total. The minimum absolute atomic E-state index is 0.000887. The molecule has 0 fully saturated rings. The Balaban J connectivity index is 2.07. The Morgan fingerprint density at radius 3 is 2.52 bits per heavy atom. The molecule has 130 valence electrons. The molecule has 0 aliphatic carbocycles. The van der Waals surface area contributed by atoms with Gasteiger partial charge in [-0.05, 0) is 42.2 Å². The van der Waals surface area contributed by atoms with Gasteiger partial charge < -0.3 is 0 Å². The second-order valence-electron chi connectivity index (χ2n) is 6.24. The van der Waals surface area contributed by atoms with E-state index in [1.807, 2.05) is 6.92 Å². The van der Waals surface area contributed by atoms with Crippen LogP contribution in [0.3, 0.4) is 0 Å². The Bertz CT molecular complexity index is 947. The van der Waals surface area contributed by atoms with E-state index in [1.165, 1.54) is 39.7 Å². The summed E-state index contributed by atoms with van der Waals surface area (Å²) in [6.45, 7) is 2.02. The van der Waals surface area contributed by atoms with Crippen LogP contribution in [0.4, 0.5) is 17.6 Å². The van der Waals surface area contributed by atoms with Gasteiger partial charge in [0.05, 0.1) is 22.6 Å². The number of aromatic nitrogens is 2. The van der Waals surface area contributed by atoms with Crippen LogP contribution in [0.15, 0.2) is 42.6 Å². The molecule has 2 aliphatic heterocycles. The van der Waals surface area contributed by atoms with Gasteiger partial charge in [-0.25, -0.2) is 4.39 Å². The Labute approximate surface area is 142 Å². The van der Waals surface area contributed by atoms with Crippen LogP contribution >= 0.6 is 0 Å². The van der Waals surface area contributed by atoms with Crippen molar-refractivity contribution < 1.29 is 17.6 Å². The Morgan fingerprint density at radius 2 is 1.84 bits per heavy atom. The summed E-state index contributed by atoms with van der Waals surface area (Å²) in [5.74, 6) is -0.538. The fourth-order valence-electron chi connectivity index (χ4n) is 3.43. The number of benzene rings is 2. The molecule has 2 aromatic carbocycles. The first-order chi connectivity index (χ1) is 11.9. The minimum atomic E-state index is -4.54. The van der Waals surface area contributed by atoms with E-state index in [1.54, 1.807) is 12.3 Å². The average molecular weight is 348 g/mol. The number of nitrogens with zero attached hydrogens (tertiary/aromatic N) is 2. The molecule has 0 N–H and O–H groups in total. The lowest BCUT2D eigenvalue weighted by molar-refractivity contribution is -0.137. The van der Waals surface area contributed by atoms with Crippen molar-refractivity contribution in [1.29, 1.82) is 0 Å². The van der Waals surface area contributed by atoms with Gasteiger partial charge in [0.25, 0.3) is 0 Å². The predicted molar refractivity (Wildman–Crippen MR) is 87.7 cm³/mol. The topological polar surface area (TPSA) is 9.86 Å². The first-order valence-electron chi connectivity index (χ1n) is 8.22. The lowest BCUT2D eigenvalue weighted by atomic mass is 9.97. The van der Waals surface area contributed by atoms with Crippen molar-refractivity contribution in [3.63, 3.8) is 0 Å². The van der Waals surface area contributed by atoms with Gasteiger partial charge >= 0.3 is 6.18 Å². The SMILES string of the molecule is CCCCc1cn2n1-c1cccc(c1C(F)(F)F)-c1ccc-2c(F)c1. The zero-order valence-electron chi connectivity index (χ0n) is 13.6. The van der Waals surface area contributed by atoms with Crippen LogP contribution in [-0.4, -0.2) is 9.36 Å². The smallest absolute Gasteiger partial charge is 0.252 e. The fourth-order valence-corrected chi connectivity index (χ4v) is 3.43. The number of aryl methyl sites for hydroxylation is 1. The molecule has 0 saturated carbocycles. The number of alkyl halides is 3. The van der Waals surface area contributed by atoms with Crippen molar-refractivity contribution in [1.82, 2.24) is 9.36 Å². The Kier molecular flexibility index (Phi) is 3.52. The first kappa shape index (κ1) is 16.0. The molecule has 0 atom stereocenters. The molecular formula is C19H16F4N2. The van der Waals surface area contributed by atoms with Crippen LogP contribution in [0.25, 0.3) is 22.5 Å². The lowest BCUT2D eigenvalue weighted by Gasteiger charge is -2.28. The minimum Gasteiger partial charge on any atom is -0.252 e. The van der Waals surface area contributed by atoms with Gasteiger partial charge in [-0.1, -0.05) is 31.5 Å². The van der Waals surface area contributed by atoms with E-state index in [9.17, 15) is 17.6 Å². The van der Waals surface area contributed by atoms with Crippen LogP contribution in [0.5, 0.6) is 0 Å². The molecule has 3 heterocycles. The number of fused-ring (bicyclic) bond motifs is 2. The fraction of sp³-hybridized carbons (Fsp3) is 0.263. The predicted octanol–water partition coefficient (Wildman–Crippen LogP) is 5.75. The van der Waals surface area contributed by atoms with Crippen molar-refractivity contribution >= 4 is 0 Å². The maximum Gasteiger partial charge on any atom is 0.419 e. The maximum absolute atomic E-state index is 14.5. The van der Waals surface area contributed by atoms with Crippen molar-refractivity contribution in [2.75, 3.05) is 0 Å². The van der Waals surface area contributed by atoms with Gasteiger partial charge in [-0.3, -0.25) is 9.36 Å². The van der Waals surface area contributed by atoms with Crippen molar-refractivity contribution in [2.45, 2.75) is 32.4 Å². The summed E-state index contributed by atoms with van der Waals surface area (Å²) < 4.78 is 59.1. The largest absolute Gasteiger partial charge is 0.419 e. The lowest BCUT2D eigenvalue weighted by Crippen LogP contribution is -2.26. The number of rotatable bonds is 3. The molecule has 0 saturated heterocycles. The first-order valence-corrected chi connectivity index (χ1v) is 8.22. The highest BCUT2D eigenvalue weighted by atomic mass is 19.4. The Hall–Kier alpha value is -2.50. The van der Waals surface area contributed by atoms with Crippen LogP contribution in [0, 0.1) is 5.82 Å². The van der Waals surface area contributed by atoms with Crippen molar-refractivity contribution in [3.05, 3.63) is 59.7 Å². The van der Waals surface area contributed by atoms with E-state index in [0.717, 1.165) is 18.5 Å². The van der Waals surface area contributed by atoms with Gasteiger partial charge in [-0.2, -0.15) is 13.2 Å². The maximum atomic E-state index is 14.5. The number of unbranched alkanes of at least 4 members (excludes halogenated alkanes) is 1. The second-order valence-corrected chi connectivity index (χ2v) is 6.24. The monoisotopic (exact) mass is 348 g/mol. The third-order valence-electron chi connectivity index (χ3n) is 4.60. The van der Waals surface area contributed by atoms with Gasteiger partial charge in [0.2, 0.25) is 0 Å². The number of hydrogen-bond acceptors (Lipinski definition) is 0. The molecule has 0 spiro atoms. The molecule has 5 rings (SSSR count). The van der Waals surface area contributed by atoms with Gasteiger partial charge in [0, 0.05) is 6.20 Å². The third-order valence-corrected chi connectivity index (χ3v) is 4.60. The van der Waals surface area contributed by atoms with Gasteiger partial charge in [-0.15, -0.1) is 0 Å². The summed E-state index contributed by atoms with van der Waals surface area (Å²) in [4.78, 5) is 0. The molecule has 3 aromatic rings. The normalized spacial score (nSPS) is 12.7. The molecule has 0 radical (unpaired) electrons. The van der Waals surface area contributed by atoms with Crippen LogP contribution in [0.2, 0.25) is 0 Å². The highest BCUT2D eigenvalue weighted by Crippen LogP contribution is 2.43. The third kappa shape index (κ3) is 2.39. The van der Waals surface area contributed by atoms with E-state index in [0.29, 0.717) is 6.42 Å². The summed E-state index contributed by atoms with van der Waals surface area (Å²) in [6, 6.07) is 8.66. The van der Waals surface area contributed by atoms with E-state index in [4.69, 9.17) is 0 Å². The zero-order chi connectivity index (χ0) is 17.8. The standard InChI is InChI=1S/C19H16F4N2/c1-2-3-5-13-11-24-16-9-8-12(10-15(16)20)14-6-4-7-17(25(13)24)18(14)19(21,22)23/h4,6-11H,2-3,5H2,1H3. The molecule has 0 unspecified atom stereocenters. The summed E-state index contributed by atoms with van der Waals surface area (Å²) in [5, 5.41) is 0. The quantitative estimate of drug-likeness (QED) is 0.417. The van der Waals surface area contributed by atoms with E-state index in [2.05, 4.69) is 0 Å². The summed E-state index contributed by atoms with van der Waals surface area (Å²) in [7, 11) is 0. The average Bonchev–Trinajstić information content (AvgIpc) is 2.56. The van der Waals surface area contributed by atoms with Gasteiger partial charge in [0.15, 0.2) is 0 Å². The van der Waals surface area contributed by atoms with E-state index in [-0.39, 0.29) is 22.5 Å². The molecule has 0 amide bonds. The van der Waals surface area contributed by atoms with Crippen LogP contribution in [-0.2, 0) is 12.6 Å². The number of halogens is 4. The molecule has 6 heteroatoms. The van der Waals surface area contributed by atoms with E-state index >= 15 is 0 Å². The summed E-state index contributed by atoms with van der Waals surface area (Å²) in [6.07, 6.45) is -0.390. The molecule has 25 heavy (non-hydrogen) atoms. The van der Waals surface area contributed by atoms with Crippen molar-refractivity contribution in [3.8, 4) is 22.5 Å². The van der Waals surface area contributed by atoms with Crippen LogP contribution in [0.1, 0.15) is 31.0 Å². The highest BCUT2D eigenvalue weighted by Gasteiger charge is 2.39. The molecule has 2 aliphatic rings. The van der Waals surface area contributed by atoms with Crippen LogP contribution < -0.4 is 0 Å². The summed E-state index contributed by atoms with van der Waals surface area (Å²) >= 11 is 0.